The van der Waals surface area contributed by atoms with Crippen LogP contribution in [0, 0.1) is 5.92 Å². The van der Waals surface area contributed by atoms with Crippen molar-refractivity contribution in [1.82, 2.24) is 15.1 Å². The predicted molar refractivity (Wildman–Crippen MR) is 77.7 cm³/mol. The van der Waals surface area contributed by atoms with Crippen molar-refractivity contribution >= 4 is 12.0 Å². The molecule has 2 amide bonds. The van der Waals surface area contributed by atoms with Crippen LogP contribution in [-0.4, -0.2) is 66.2 Å². The second-order valence-electron chi connectivity index (χ2n) is 5.58. The Kier molecular flexibility index (Phi) is 6.78. The number of carbonyl (C=O) groups is 2. The minimum Gasteiger partial charge on any atom is -0.481 e. The summed E-state index contributed by atoms with van der Waals surface area (Å²) in [6.45, 7) is 6.54. The minimum atomic E-state index is -0.867. The van der Waals surface area contributed by atoms with Crippen molar-refractivity contribution in [1.29, 1.82) is 0 Å². The third-order valence-corrected chi connectivity index (χ3v) is 3.76. The summed E-state index contributed by atoms with van der Waals surface area (Å²) >= 11 is 0. The molecule has 0 spiro atoms. The van der Waals surface area contributed by atoms with Gasteiger partial charge in [0.15, 0.2) is 0 Å². The zero-order valence-corrected chi connectivity index (χ0v) is 12.8. The van der Waals surface area contributed by atoms with Gasteiger partial charge < -0.3 is 20.2 Å². The largest absolute Gasteiger partial charge is 0.481 e. The molecule has 0 bridgehead atoms. The number of urea groups is 1. The Bertz CT molecular complexity index is 330. The third-order valence-electron chi connectivity index (χ3n) is 3.76. The number of hydrogen-bond donors (Lipinski definition) is 2. The van der Waals surface area contributed by atoms with E-state index in [1.807, 2.05) is 4.90 Å². The number of carbonyl (C=O) groups excluding carboxylic acids is 1. The van der Waals surface area contributed by atoms with E-state index in [9.17, 15) is 9.59 Å². The van der Waals surface area contributed by atoms with Gasteiger partial charge in [0.05, 0.1) is 5.92 Å². The highest BCUT2D eigenvalue weighted by Crippen LogP contribution is 2.15. The van der Waals surface area contributed by atoms with E-state index in [1.165, 1.54) is 4.90 Å². The van der Waals surface area contributed by atoms with Crippen LogP contribution in [0.2, 0.25) is 0 Å². The average molecular weight is 285 g/mol. The molecule has 1 unspecified atom stereocenters. The van der Waals surface area contributed by atoms with Gasteiger partial charge in [0, 0.05) is 26.2 Å². The van der Waals surface area contributed by atoms with Crippen LogP contribution in [0.5, 0.6) is 0 Å². The summed E-state index contributed by atoms with van der Waals surface area (Å²) in [7, 11) is 1.69. The highest BCUT2D eigenvalue weighted by Gasteiger charge is 2.28. The summed E-state index contributed by atoms with van der Waals surface area (Å²) in [4.78, 5) is 26.9. The zero-order chi connectivity index (χ0) is 15.1. The van der Waals surface area contributed by atoms with Gasteiger partial charge in [-0.25, -0.2) is 4.79 Å². The van der Waals surface area contributed by atoms with E-state index >= 15 is 0 Å². The van der Waals surface area contributed by atoms with E-state index in [4.69, 9.17) is 5.11 Å². The quantitative estimate of drug-likeness (QED) is 0.769. The lowest BCUT2D eigenvalue weighted by molar-refractivity contribution is -0.141. The Morgan fingerprint density at radius 2 is 1.95 bits per heavy atom. The first kappa shape index (κ1) is 16.8. The van der Waals surface area contributed by atoms with Gasteiger partial charge in [0.2, 0.25) is 0 Å². The van der Waals surface area contributed by atoms with E-state index in [2.05, 4.69) is 12.2 Å². The van der Waals surface area contributed by atoms with Gasteiger partial charge in [-0.3, -0.25) is 4.79 Å². The smallest absolute Gasteiger partial charge is 0.320 e. The molecule has 6 nitrogen and oxygen atoms in total. The van der Waals surface area contributed by atoms with Crippen LogP contribution in [0.3, 0.4) is 0 Å². The fourth-order valence-corrected chi connectivity index (χ4v) is 2.58. The molecule has 1 aliphatic rings. The molecule has 1 fully saturated rings. The summed E-state index contributed by atoms with van der Waals surface area (Å²) in [5.41, 5.74) is 0. The fourth-order valence-electron chi connectivity index (χ4n) is 2.58. The van der Waals surface area contributed by atoms with E-state index in [1.54, 1.807) is 14.0 Å². The summed E-state index contributed by atoms with van der Waals surface area (Å²) in [6.07, 6.45) is 2.85. The first-order chi connectivity index (χ1) is 9.47. The first-order valence-corrected chi connectivity index (χ1v) is 7.42. The van der Waals surface area contributed by atoms with Gasteiger partial charge >= 0.3 is 12.0 Å². The van der Waals surface area contributed by atoms with E-state index in [-0.39, 0.29) is 18.6 Å². The highest BCUT2D eigenvalue weighted by molar-refractivity contribution is 5.76. The molecule has 1 aliphatic heterocycles. The number of nitrogens with zero attached hydrogens (tertiary/aromatic N) is 2. The standard InChI is InChI=1S/C14H27N3O3/c1-4-9-17(12-5-7-15-8-6-12)14(20)16(3)10-11(2)13(18)19/h11-12,15H,4-10H2,1-3H3,(H,18,19). The Morgan fingerprint density at radius 3 is 2.45 bits per heavy atom. The number of amides is 2. The number of piperidine rings is 1. The third kappa shape index (κ3) is 4.67. The summed E-state index contributed by atoms with van der Waals surface area (Å²) in [5, 5.41) is 12.2. The van der Waals surface area contributed by atoms with Gasteiger partial charge in [-0.2, -0.15) is 0 Å². The minimum absolute atomic E-state index is 0.0492. The van der Waals surface area contributed by atoms with Crippen LogP contribution in [0.4, 0.5) is 4.79 Å². The SMILES string of the molecule is CCCN(C(=O)N(C)CC(C)C(=O)O)C1CCNCC1. The van der Waals surface area contributed by atoms with Gasteiger partial charge in [-0.1, -0.05) is 13.8 Å². The Labute approximate surface area is 121 Å². The highest BCUT2D eigenvalue weighted by atomic mass is 16.4. The molecule has 6 heteroatoms. The maximum atomic E-state index is 12.5. The van der Waals surface area contributed by atoms with Gasteiger partial charge in [0.1, 0.15) is 0 Å². The monoisotopic (exact) mass is 285 g/mol. The van der Waals surface area contributed by atoms with Gasteiger partial charge in [-0.15, -0.1) is 0 Å². The number of aliphatic carboxylic acids is 1. The van der Waals surface area contributed by atoms with Crippen LogP contribution >= 0.6 is 0 Å². The molecule has 116 valence electrons. The van der Waals surface area contributed by atoms with Crippen LogP contribution in [0.15, 0.2) is 0 Å². The lowest BCUT2D eigenvalue weighted by Gasteiger charge is -2.37. The molecular weight excluding hydrogens is 258 g/mol. The maximum absolute atomic E-state index is 12.5. The second-order valence-corrected chi connectivity index (χ2v) is 5.58. The molecule has 1 atom stereocenters. The van der Waals surface area contributed by atoms with Crippen molar-refractivity contribution in [2.24, 2.45) is 5.92 Å². The maximum Gasteiger partial charge on any atom is 0.320 e. The molecule has 1 rings (SSSR count). The van der Waals surface area contributed by atoms with Crippen molar-refractivity contribution in [3.63, 3.8) is 0 Å². The van der Waals surface area contributed by atoms with Crippen molar-refractivity contribution in [2.75, 3.05) is 33.2 Å². The number of carboxylic acid groups (broad SMARTS) is 1. The van der Waals surface area contributed by atoms with Crippen LogP contribution in [0.25, 0.3) is 0 Å². The first-order valence-electron chi connectivity index (χ1n) is 7.42. The van der Waals surface area contributed by atoms with Crippen molar-refractivity contribution in [2.45, 2.75) is 39.2 Å². The molecule has 1 saturated heterocycles. The van der Waals surface area contributed by atoms with E-state index < -0.39 is 11.9 Å². The Morgan fingerprint density at radius 1 is 1.35 bits per heavy atom. The lowest BCUT2D eigenvalue weighted by atomic mass is 10.0. The van der Waals surface area contributed by atoms with Crippen LogP contribution in [-0.2, 0) is 4.79 Å². The lowest BCUT2D eigenvalue weighted by Crippen LogP contribution is -2.51. The molecule has 0 saturated carbocycles. The van der Waals surface area contributed by atoms with E-state index in [0.717, 1.165) is 38.9 Å². The molecule has 0 aromatic carbocycles. The average Bonchev–Trinajstić information content (AvgIpc) is 2.44. The van der Waals surface area contributed by atoms with Gasteiger partial charge in [-0.05, 0) is 32.4 Å². The van der Waals surface area contributed by atoms with Crippen LogP contribution < -0.4 is 5.32 Å². The molecule has 0 radical (unpaired) electrons. The summed E-state index contributed by atoms with van der Waals surface area (Å²) < 4.78 is 0. The number of carboxylic acids is 1. The predicted octanol–water partition coefficient (Wildman–Crippen LogP) is 1.22. The molecule has 0 aromatic heterocycles. The topological polar surface area (TPSA) is 72.9 Å². The molecule has 0 aromatic rings. The second kappa shape index (κ2) is 8.09. The number of hydrogen-bond acceptors (Lipinski definition) is 3. The molecule has 0 aliphatic carbocycles. The molecule has 2 N–H and O–H groups in total. The van der Waals surface area contributed by atoms with E-state index in [0.29, 0.717) is 0 Å². The zero-order valence-electron chi connectivity index (χ0n) is 12.8. The molecular formula is C14H27N3O3. The Balaban J connectivity index is 2.64. The normalized spacial score (nSPS) is 17.6. The molecule has 20 heavy (non-hydrogen) atoms. The number of nitrogens with one attached hydrogen (secondary N) is 1. The Hall–Kier alpha value is -1.30. The fraction of sp³-hybridized carbons (Fsp3) is 0.857. The summed E-state index contributed by atoms with van der Waals surface area (Å²) in [5.74, 6) is -1.41. The number of rotatable bonds is 6. The van der Waals surface area contributed by atoms with Crippen molar-refractivity contribution in [3.8, 4) is 0 Å². The van der Waals surface area contributed by atoms with Crippen LogP contribution in [0.1, 0.15) is 33.1 Å². The van der Waals surface area contributed by atoms with Crippen molar-refractivity contribution in [3.05, 3.63) is 0 Å². The molecule has 1 heterocycles. The van der Waals surface area contributed by atoms with Crippen molar-refractivity contribution < 1.29 is 14.7 Å². The summed E-state index contributed by atoms with van der Waals surface area (Å²) in [6, 6.07) is 0.220. The van der Waals surface area contributed by atoms with Gasteiger partial charge in [0.25, 0.3) is 0 Å².